The summed E-state index contributed by atoms with van der Waals surface area (Å²) in [5.74, 6) is 0.113. The number of aliphatic hydroxyl groups is 1. The van der Waals surface area contributed by atoms with Gasteiger partial charge in [-0.3, -0.25) is 4.79 Å². The fourth-order valence-corrected chi connectivity index (χ4v) is 2.98. The van der Waals surface area contributed by atoms with Gasteiger partial charge >= 0.3 is 0 Å². The van der Waals surface area contributed by atoms with E-state index in [-0.39, 0.29) is 40.8 Å². The molecule has 1 aliphatic rings. The molecule has 0 fully saturated rings. The van der Waals surface area contributed by atoms with E-state index < -0.39 is 11.7 Å². The van der Waals surface area contributed by atoms with Crippen LogP contribution in [-0.4, -0.2) is 39.9 Å². The topological polar surface area (TPSA) is 96.2 Å². The molecule has 6 heteroatoms. The number of phenols is 2. The highest BCUT2D eigenvalue weighted by molar-refractivity contribution is 6.11. The van der Waals surface area contributed by atoms with E-state index in [2.05, 4.69) is 0 Å². The molecule has 0 saturated carbocycles. The minimum absolute atomic E-state index is 0.0875. The van der Waals surface area contributed by atoms with Crippen molar-refractivity contribution in [2.24, 2.45) is 0 Å². The molecular weight excluding hydrogens is 348 g/mol. The van der Waals surface area contributed by atoms with Crippen LogP contribution in [0.4, 0.5) is 0 Å². The number of aromatic hydroxyl groups is 2. The molecule has 0 aliphatic carbocycles. The number of hydrogen-bond donors (Lipinski definition) is 3. The molecule has 0 radical (unpaired) electrons. The van der Waals surface area contributed by atoms with Gasteiger partial charge in [0.15, 0.2) is 5.78 Å². The maximum absolute atomic E-state index is 12.9. The summed E-state index contributed by atoms with van der Waals surface area (Å²) in [5, 5.41) is 29.9. The average molecular weight is 370 g/mol. The van der Waals surface area contributed by atoms with Gasteiger partial charge in [0, 0.05) is 18.1 Å². The van der Waals surface area contributed by atoms with Crippen LogP contribution in [0.1, 0.15) is 35.3 Å². The fraction of sp³-hybridized carbons (Fsp3) is 0.286. The van der Waals surface area contributed by atoms with Crippen molar-refractivity contribution in [2.45, 2.75) is 32.0 Å². The second-order valence-corrected chi connectivity index (χ2v) is 7.00. The first-order chi connectivity index (χ1) is 12.7. The standard InChI is InChI=1S/C21H22O6/c1-21(2)18(25)10-14-16(24)11-17(26-3)19(20(14)27-21)15(23)9-6-12-4-7-13(22)8-5-12/h4-9,11,18,22,24-25H,10H2,1-3H3/b9-6+/t18-/m1/s1. The Balaban J connectivity index is 2.05. The molecule has 2 aromatic rings. The molecule has 1 heterocycles. The lowest BCUT2D eigenvalue weighted by molar-refractivity contribution is -0.0421. The summed E-state index contributed by atoms with van der Waals surface area (Å²) in [6, 6.07) is 7.77. The highest BCUT2D eigenvalue weighted by atomic mass is 16.5. The second-order valence-electron chi connectivity index (χ2n) is 7.00. The number of ether oxygens (including phenoxy) is 2. The van der Waals surface area contributed by atoms with Crippen molar-refractivity contribution in [1.29, 1.82) is 0 Å². The monoisotopic (exact) mass is 370 g/mol. The molecule has 3 N–H and O–H groups in total. The van der Waals surface area contributed by atoms with Crippen molar-refractivity contribution in [2.75, 3.05) is 7.11 Å². The van der Waals surface area contributed by atoms with Gasteiger partial charge in [-0.1, -0.05) is 18.2 Å². The van der Waals surface area contributed by atoms with Gasteiger partial charge in [-0.05, 0) is 37.6 Å². The summed E-state index contributed by atoms with van der Waals surface area (Å²) in [4.78, 5) is 12.9. The highest BCUT2D eigenvalue weighted by Crippen LogP contribution is 2.45. The zero-order valence-electron chi connectivity index (χ0n) is 15.4. The zero-order valence-corrected chi connectivity index (χ0v) is 15.4. The van der Waals surface area contributed by atoms with Crippen LogP contribution in [0.15, 0.2) is 36.4 Å². The number of methoxy groups -OCH3 is 1. The van der Waals surface area contributed by atoms with Crippen molar-refractivity contribution in [1.82, 2.24) is 0 Å². The summed E-state index contributed by atoms with van der Waals surface area (Å²) in [6.07, 6.45) is 2.34. The number of hydrogen-bond acceptors (Lipinski definition) is 6. The van der Waals surface area contributed by atoms with E-state index >= 15 is 0 Å². The lowest BCUT2D eigenvalue weighted by atomic mass is 9.88. The van der Waals surface area contributed by atoms with E-state index in [1.54, 1.807) is 32.1 Å². The molecule has 3 rings (SSSR count). The van der Waals surface area contributed by atoms with Crippen molar-refractivity contribution in [3.63, 3.8) is 0 Å². The minimum atomic E-state index is -0.915. The Morgan fingerprint density at radius 2 is 1.93 bits per heavy atom. The van der Waals surface area contributed by atoms with Gasteiger partial charge in [-0.25, -0.2) is 0 Å². The number of aliphatic hydroxyl groups excluding tert-OH is 1. The Kier molecular flexibility index (Phi) is 4.85. The molecule has 27 heavy (non-hydrogen) atoms. The molecule has 0 aromatic heterocycles. The highest BCUT2D eigenvalue weighted by Gasteiger charge is 2.39. The van der Waals surface area contributed by atoms with Gasteiger partial charge in [0.25, 0.3) is 0 Å². The largest absolute Gasteiger partial charge is 0.508 e. The Labute approximate surface area is 157 Å². The Morgan fingerprint density at radius 3 is 2.56 bits per heavy atom. The molecule has 0 amide bonds. The smallest absolute Gasteiger partial charge is 0.193 e. The second kappa shape index (κ2) is 6.96. The first-order valence-corrected chi connectivity index (χ1v) is 8.54. The maximum Gasteiger partial charge on any atom is 0.193 e. The summed E-state index contributed by atoms with van der Waals surface area (Å²) in [6.45, 7) is 3.44. The molecule has 2 aromatic carbocycles. The van der Waals surface area contributed by atoms with Gasteiger partial charge in [0.2, 0.25) is 0 Å². The summed E-state index contributed by atoms with van der Waals surface area (Å²) in [7, 11) is 1.41. The van der Waals surface area contributed by atoms with Crippen LogP contribution in [0.5, 0.6) is 23.0 Å². The van der Waals surface area contributed by atoms with Gasteiger partial charge in [-0.2, -0.15) is 0 Å². The number of rotatable bonds is 4. The summed E-state index contributed by atoms with van der Waals surface area (Å²) in [5.41, 5.74) is 0.398. The third kappa shape index (κ3) is 3.61. The number of carbonyl (C=O) groups excluding carboxylic acids is 1. The van der Waals surface area contributed by atoms with Gasteiger partial charge in [-0.15, -0.1) is 0 Å². The predicted octanol–water partition coefficient (Wildman–Crippen LogP) is 3.08. The van der Waals surface area contributed by atoms with Crippen LogP contribution in [0, 0.1) is 0 Å². The van der Waals surface area contributed by atoms with E-state index in [1.165, 1.54) is 31.4 Å². The maximum atomic E-state index is 12.9. The predicted molar refractivity (Wildman–Crippen MR) is 101 cm³/mol. The summed E-state index contributed by atoms with van der Waals surface area (Å²) < 4.78 is 11.2. The third-order valence-electron chi connectivity index (χ3n) is 4.68. The number of ketones is 1. The van der Waals surface area contributed by atoms with Crippen LogP contribution in [0.3, 0.4) is 0 Å². The Bertz CT molecular complexity index is 896. The van der Waals surface area contributed by atoms with E-state index in [9.17, 15) is 20.1 Å². The molecule has 0 saturated heterocycles. The van der Waals surface area contributed by atoms with Gasteiger partial charge in [0.1, 0.15) is 34.2 Å². The number of benzene rings is 2. The lowest BCUT2D eigenvalue weighted by Gasteiger charge is -2.38. The molecule has 0 bridgehead atoms. The molecule has 0 unspecified atom stereocenters. The first kappa shape index (κ1) is 18.8. The van der Waals surface area contributed by atoms with Gasteiger partial charge < -0.3 is 24.8 Å². The van der Waals surface area contributed by atoms with Crippen molar-refractivity contribution >= 4 is 11.9 Å². The quantitative estimate of drug-likeness (QED) is 0.565. The molecule has 142 valence electrons. The Morgan fingerprint density at radius 1 is 1.26 bits per heavy atom. The fourth-order valence-electron chi connectivity index (χ4n) is 2.98. The minimum Gasteiger partial charge on any atom is -0.508 e. The van der Waals surface area contributed by atoms with Crippen molar-refractivity contribution in [3.8, 4) is 23.0 Å². The van der Waals surface area contributed by atoms with Crippen LogP contribution >= 0.6 is 0 Å². The number of phenolic OH excluding ortho intramolecular Hbond substituents is 2. The Hall–Kier alpha value is -2.99. The number of carbonyl (C=O) groups is 1. The molecule has 1 aliphatic heterocycles. The molecule has 0 spiro atoms. The number of fused-ring (bicyclic) bond motifs is 1. The first-order valence-electron chi connectivity index (χ1n) is 8.54. The summed E-state index contributed by atoms with van der Waals surface area (Å²) >= 11 is 0. The number of allylic oxidation sites excluding steroid dienone is 1. The normalized spacial score (nSPS) is 18.0. The SMILES string of the molecule is COc1cc(O)c2c(c1C(=O)/C=C/c1ccc(O)cc1)OC(C)(C)[C@H](O)C2. The third-order valence-corrected chi connectivity index (χ3v) is 4.68. The molecule has 6 nitrogen and oxygen atoms in total. The van der Waals surface area contributed by atoms with Crippen molar-refractivity contribution < 1.29 is 29.6 Å². The average Bonchev–Trinajstić information content (AvgIpc) is 2.62. The van der Waals surface area contributed by atoms with Crippen LogP contribution in [0.2, 0.25) is 0 Å². The van der Waals surface area contributed by atoms with Gasteiger partial charge in [0.05, 0.1) is 13.2 Å². The van der Waals surface area contributed by atoms with Crippen molar-refractivity contribution in [3.05, 3.63) is 53.1 Å². The van der Waals surface area contributed by atoms with E-state index in [4.69, 9.17) is 9.47 Å². The molecule has 1 atom stereocenters. The lowest BCUT2D eigenvalue weighted by Crippen LogP contribution is -2.46. The van der Waals surface area contributed by atoms with Crippen LogP contribution in [-0.2, 0) is 6.42 Å². The van der Waals surface area contributed by atoms with Crippen LogP contribution < -0.4 is 9.47 Å². The zero-order chi connectivity index (χ0) is 19.8. The van der Waals surface area contributed by atoms with Crippen LogP contribution in [0.25, 0.3) is 6.08 Å². The van der Waals surface area contributed by atoms with E-state index in [0.717, 1.165) is 5.56 Å². The van der Waals surface area contributed by atoms with E-state index in [1.807, 2.05) is 0 Å². The molecular formula is C21H22O6. The van der Waals surface area contributed by atoms with E-state index in [0.29, 0.717) is 5.56 Å².